The smallest absolute Gasteiger partial charge is 0.0537 e. The van der Waals surface area contributed by atoms with Gasteiger partial charge in [-0.3, -0.25) is 4.68 Å². The average molecular weight is 261 g/mol. The van der Waals surface area contributed by atoms with Crippen LogP contribution in [0, 0.1) is 17.8 Å². The first-order valence-corrected chi connectivity index (χ1v) is 8.07. The SMILES string of the molecule is CCCNC(c1cnn(CC)c1)C1CC2CCC1C2. The lowest BCUT2D eigenvalue weighted by Crippen LogP contribution is -2.31. The lowest BCUT2D eigenvalue weighted by molar-refractivity contribution is 0.251. The Morgan fingerprint density at radius 3 is 2.84 bits per heavy atom. The topological polar surface area (TPSA) is 29.9 Å². The van der Waals surface area contributed by atoms with E-state index < -0.39 is 0 Å². The number of aryl methyl sites for hydroxylation is 1. The van der Waals surface area contributed by atoms with Gasteiger partial charge in [-0.1, -0.05) is 13.3 Å². The van der Waals surface area contributed by atoms with E-state index in [4.69, 9.17) is 0 Å². The Labute approximate surface area is 116 Å². The van der Waals surface area contributed by atoms with Crippen LogP contribution in [0.2, 0.25) is 0 Å². The molecule has 1 heterocycles. The number of rotatable bonds is 6. The first-order valence-electron chi connectivity index (χ1n) is 8.07. The molecule has 0 aromatic carbocycles. The fourth-order valence-electron chi connectivity index (χ4n) is 4.23. The van der Waals surface area contributed by atoms with Gasteiger partial charge in [-0.2, -0.15) is 5.10 Å². The number of nitrogens with one attached hydrogen (secondary N) is 1. The van der Waals surface area contributed by atoms with E-state index in [1.54, 1.807) is 0 Å². The molecule has 1 aromatic rings. The number of nitrogens with zero attached hydrogens (tertiary/aromatic N) is 2. The molecule has 0 spiro atoms. The van der Waals surface area contributed by atoms with Crippen molar-refractivity contribution < 1.29 is 0 Å². The summed E-state index contributed by atoms with van der Waals surface area (Å²) in [6, 6.07) is 0.538. The first kappa shape index (κ1) is 13.2. The van der Waals surface area contributed by atoms with Crippen LogP contribution < -0.4 is 5.32 Å². The molecule has 0 radical (unpaired) electrons. The van der Waals surface area contributed by atoms with E-state index in [0.717, 1.165) is 30.8 Å². The van der Waals surface area contributed by atoms with Crippen molar-refractivity contribution in [1.29, 1.82) is 0 Å². The molecule has 1 aromatic heterocycles. The summed E-state index contributed by atoms with van der Waals surface area (Å²) >= 11 is 0. The minimum absolute atomic E-state index is 0.538. The number of hydrogen-bond acceptors (Lipinski definition) is 2. The Morgan fingerprint density at radius 1 is 1.37 bits per heavy atom. The fourth-order valence-corrected chi connectivity index (χ4v) is 4.23. The van der Waals surface area contributed by atoms with Gasteiger partial charge in [0.25, 0.3) is 0 Å². The highest BCUT2D eigenvalue weighted by Crippen LogP contribution is 2.52. The summed E-state index contributed by atoms with van der Waals surface area (Å²) in [6.45, 7) is 6.50. The molecular weight excluding hydrogens is 234 g/mol. The van der Waals surface area contributed by atoms with Crippen LogP contribution in [-0.2, 0) is 6.54 Å². The molecular formula is C16H27N3. The molecule has 106 valence electrons. The number of aromatic nitrogens is 2. The molecule has 3 rings (SSSR count). The van der Waals surface area contributed by atoms with Crippen molar-refractivity contribution in [1.82, 2.24) is 15.1 Å². The molecule has 2 aliphatic carbocycles. The third kappa shape index (κ3) is 2.58. The van der Waals surface area contributed by atoms with Crippen LogP contribution in [0.25, 0.3) is 0 Å². The number of hydrogen-bond donors (Lipinski definition) is 1. The molecule has 2 saturated carbocycles. The van der Waals surface area contributed by atoms with Crippen LogP contribution in [0.3, 0.4) is 0 Å². The minimum Gasteiger partial charge on any atom is -0.310 e. The Morgan fingerprint density at radius 2 is 2.26 bits per heavy atom. The highest BCUT2D eigenvalue weighted by atomic mass is 15.3. The molecule has 1 N–H and O–H groups in total. The summed E-state index contributed by atoms with van der Waals surface area (Å²) in [5, 5.41) is 8.27. The minimum atomic E-state index is 0.538. The molecule has 3 heteroatoms. The predicted molar refractivity (Wildman–Crippen MR) is 77.9 cm³/mol. The zero-order valence-electron chi connectivity index (χ0n) is 12.3. The highest BCUT2D eigenvalue weighted by Gasteiger charge is 2.43. The molecule has 0 amide bonds. The van der Waals surface area contributed by atoms with Gasteiger partial charge in [0, 0.05) is 24.3 Å². The Balaban J connectivity index is 1.76. The normalized spacial score (nSPS) is 30.9. The maximum absolute atomic E-state index is 4.47. The molecule has 0 aliphatic heterocycles. The van der Waals surface area contributed by atoms with E-state index in [9.17, 15) is 0 Å². The summed E-state index contributed by atoms with van der Waals surface area (Å²) < 4.78 is 2.06. The summed E-state index contributed by atoms with van der Waals surface area (Å²) in [7, 11) is 0. The summed E-state index contributed by atoms with van der Waals surface area (Å²) in [4.78, 5) is 0. The molecule has 4 atom stereocenters. The summed E-state index contributed by atoms with van der Waals surface area (Å²) in [6.07, 6.45) is 11.4. The summed E-state index contributed by atoms with van der Waals surface area (Å²) in [5.41, 5.74) is 1.41. The second kappa shape index (κ2) is 5.66. The van der Waals surface area contributed by atoms with Gasteiger partial charge >= 0.3 is 0 Å². The van der Waals surface area contributed by atoms with Gasteiger partial charge in [0.2, 0.25) is 0 Å². The van der Waals surface area contributed by atoms with Crippen LogP contribution in [0.1, 0.15) is 57.6 Å². The van der Waals surface area contributed by atoms with E-state index in [1.807, 2.05) is 0 Å². The van der Waals surface area contributed by atoms with Gasteiger partial charge in [0.05, 0.1) is 6.20 Å². The predicted octanol–water partition coefficient (Wildman–Crippen LogP) is 3.38. The summed E-state index contributed by atoms with van der Waals surface area (Å²) in [5.74, 6) is 2.83. The van der Waals surface area contributed by atoms with Gasteiger partial charge in [-0.15, -0.1) is 0 Å². The Bertz CT molecular complexity index is 412. The third-order valence-corrected chi connectivity index (χ3v) is 5.17. The maximum atomic E-state index is 4.47. The van der Waals surface area contributed by atoms with E-state index in [0.29, 0.717) is 6.04 Å². The second-order valence-corrected chi connectivity index (χ2v) is 6.40. The molecule has 2 fully saturated rings. The average Bonchev–Trinajstić information content (AvgIpc) is 3.15. The Hall–Kier alpha value is -0.830. The van der Waals surface area contributed by atoms with Gasteiger partial charge in [-0.05, 0) is 56.9 Å². The van der Waals surface area contributed by atoms with Crippen LogP contribution in [0.4, 0.5) is 0 Å². The van der Waals surface area contributed by atoms with Crippen molar-refractivity contribution in [3.8, 4) is 0 Å². The molecule has 2 aliphatic rings. The van der Waals surface area contributed by atoms with Gasteiger partial charge in [0.15, 0.2) is 0 Å². The molecule has 2 bridgehead atoms. The first-order chi connectivity index (χ1) is 9.31. The molecule has 0 saturated heterocycles. The third-order valence-electron chi connectivity index (χ3n) is 5.17. The lowest BCUT2D eigenvalue weighted by atomic mass is 9.81. The van der Waals surface area contributed by atoms with E-state index in [2.05, 4.69) is 41.3 Å². The highest BCUT2D eigenvalue weighted by molar-refractivity contribution is 5.14. The van der Waals surface area contributed by atoms with Crippen LogP contribution in [0.15, 0.2) is 12.4 Å². The standard InChI is InChI=1S/C16H27N3/c1-3-7-17-16(14-10-18-19(4-2)11-14)15-9-12-5-6-13(15)8-12/h10-13,15-17H,3-9H2,1-2H3. The van der Waals surface area contributed by atoms with Gasteiger partial charge < -0.3 is 5.32 Å². The largest absolute Gasteiger partial charge is 0.310 e. The van der Waals surface area contributed by atoms with Crippen molar-refractivity contribution in [2.24, 2.45) is 17.8 Å². The maximum Gasteiger partial charge on any atom is 0.0537 e. The van der Waals surface area contributed by atoms with E-state index >= 15 is 0 Å². The Kier molecular flexibility index (Phi) is 3.92. The van der Waals surface area contributed by atoms with Crippen molar-refractivity contribution in [2.75, 3.05) is 6.54 Å². The van der Waals surface area contributed by atoms with E-state index in [1.165, 1.54) is 37.7 Å². The van der Waals surface area contributed by atoms with E-state index in [-0.39, 0.29) is 0 Å². The molecule has 19 heavy (non-hydrogen) atoms. The van der Waals surface area contributed by atoms with Crippen molar-refractivity contribution in [3.63, 3.8) is 0 Å². The monoisotopic (exact) mass is 261 g/mol. The van der Waals surface area contributed by atoms with Crippen molar-refractivity contribution in [3.05, 3.63) is 18.0 Å². The molecule has 4 unspecified atom stereocenters. The second-order valence-electron chi connectivity index (χ2n) is 6.40. The van der Waals surface area contributed by atoms with Gasteiger partial charge in [0.1, 0.15) is 0 Å². The van der Waals surface area contributed by atoms with Crippen molar-refractivity contribution in [2.45, 2.75) is 58.5 Å². The van der Waals surface area contributed by atoms with Crippen molar-refractivity contribution >= 4 is 0 Å². The number of fused-ring (bicyclic) bond motifs is 2. The van der Waals surface area contributed by atoms with Crippen LogP contribution in [0.5, 0.6) is 0 Å². The van der Waals surface area contributed by atoms with Crippen LogP contribution >= 0.6 is 0 Å². The zero-order chi connectivity index (χ0) is 13.2. The zero-order valence-corrected chi connectivity index (χ0v) is 12.3. The quantitative estimate of drug-likeness (QED) is 0.850. The van der Waals surface area contributed by atoms with Crippen LogP contribution in [-0.4, -0.2) is 16.3 Å². The molecule has 3 nitrogen and oxygen atoms in total. The fraction of sp³-hybridized carbons (Fsp3) is 0.812. The van der Waals surface area contributed by atoms with Gasteiger partial charge in [-0.25, -0.2) is 0 Å². The lowest BCUT2D eigenvalue weighted by Gasteiger charge is -2.30.